The van der Waals surface area contributed by atoms with E-state index in [4.69, 9.17) is 16.3 Å². The Morgan fingerprint density at radius 3 is 2.83 bits per heavy atom. The Labute approximate surface area is 143 Å². The molecule has 0 fully saturated rings. The highest BCUT2D eigenvalue weighted by atomic mass is 35.5. The summed E-state index contributed by atoms with van der Waals surface area (Å²) in [7, 11) is 0. The molecule has 1 heterocycles. The van der Waals surface area contributed by atoms with Crippen LogP contribution in [0.2, 0.25) is 5.02 Å². The summed E-state index contributed by atoms with van der Waals surface area (Å²) in [5, 5.41) is 10.2. The van der Waals surface area contributed by atoms with Crippen molar-refractivity contribution in [2.24, 2.45) is 5.92 Å². The monoisotopic (exact) mass is 349 g/mol. The van der Waals surface area contributed by atoms with Gasteiger partial charge in [0.2, 0.25) is 0 Å². The number of aromatic amines is 1. The molecule has 2 aromatic rings. The molecule has 0 unspecified atom stereocenters. The molecule has 1 aromatic carbocycles. The Balaban J connectivity index is 2.65. The standard InChI is InChI=1S/C16H16ClN3O2S/c1-9(2)8-22-13-5-4-10(17)6-11(13)14-12(7-18)15(21)20-16(19-14)23-3/h4-6,9H,8H2,1-3H3,(H,19,20,21). The van der Waals surface area contributed by atoms with Gasteiger partial charge in [0.25, 0.3) is 5.56 Å². The van der Waals surface area contributed by atoms with Crippen molar-refractivity contribution in [2.75, 3.05) is 12.9 Å². The van der Waals surface area contributed by atoms with Crippen molar-refractivity contribution in [3.63, 3.8) is 0 Å². The van der Waals surface area contributed by atoms with E-state index in [0.717, 1.165) is 0 Å². The Morgan fingerprint density at radius 1 is 1.48 bits per heavy atom. The highest BCUT2D eigenvalue weighted by Crippen LogP contribution is 2.33. The molecule has 7 heteroatoms. The largest absolute Gasteiger partial charge is 0.493 e. The Bertz CT molecular complexity index is 812. The van der Waals surface area contributed by atoms with Crippen LogP contribution in [0.4, 0.5) is 0 Å². The van der Waals surface area contributed by atoms with Crippen LogP contribution in [0, 0.1) is 17.2 Å². The van der Waals surface area contributed by atoms with Gasteiger partial charge in [-0.25, -0.2) is 4.98 Å². The van der Waals surface area contributed by atoms with Gasteiger partial charge < -0.3 is 9.72 Å². The van der Waals surface area contributed by atoms with Crippen LogP contribution in [0.1, 0.15) is 19.4 Å². The lowest BCUT2D eigenvalue weighted by molar-refractivity contribution is 0.272. The van der Waals surface area contributed by atoms with E-state index >= 15 is 0 Å². The number of aromatic nitrogens is 2. The van der Waals surface area contributed by atoms with Crippen LogP contribution < -0.4 is 10.3 Å². The van der Waals surface area contributed by atoms with Crippen LogP contribution >= 0.6 is 23.4 Å². The average Bonchev–Trinajstić information content (AvgIpc) is 2.52. The van der Waals surface area contributed by atoms with Crippen molar-refractivity contribution in [3.05, 3.63) is 39.1 Å². The molecule has 0 atom stereocenters. The van der Waals surface area contributed by atoms with Gasteiger partial charge in [-0.1, -0.05) is 37.2 Å². The molecule has 23 heavy (non-hydrogen) atoms. The number of nitrogens with zero attached hydrogens (tertiary/aromatic N) is 2. The number of halogens is 1. The summed E-state index contributed by atoms with van der Waals surface area (Å²) in [5.41, 5.74) is 0.286. The van der Waals surface area contributed by atoms with Gasteiger partial charge >= 0.3 is 0 Å². The number of H-pyrrole nitrogens is 1. The molecule has 1 aromatic heterocycles. The third kappa shape index (κ3) is 4.06. The zero-order chi connectivity index (χ0) is 17.0. The Kier molecular flexibility index (Phi) is 5.69. The summed E-state index contributed by atoms with van der Waals surface area (Å²) in [6, 6.07) is 7.00. The van der Waals surface area contributed by atoms with E-state index in [-0.39, 0.29) is 11.3 Å². The van der Waals surface area contributed by atoms with E-state index in [1.807, 2.05) is 19.9 Å². The minimum atomic E-state index is -0.475. The van der Waals surface area contributed by atoms with Gasteiger partial charge in [0, 0.05) is 10.6 Å². The summed E-state index contributed by atoms with van der Waals surface area (Å²) in [6.07, 6.45) is 1.79. The number of nitrogens with one attached hydrogen (secondary N) is 1. The van der Waals surface area contributed by atoms with Gasteiger partial charge in [0.05, 0.1) is 6.61 Å². The summed E-state index contributed by atoms with van der Waals surface area (Å²) >= 11 is 7.37. The quantitative estimate of drug-likeness (QED) is 0.657. The summed E-state index contributed by atoms with van der Waals surface area (Å²) in [5.74, 6) is 0.882. The van der Waals surface area contributed by atoms with Crippen molar-refractivity contribution in [3.8, 4) is 23.1 Å². The van der Waals surface area contributed by atoms with Gasteiger partial charge in [-0.3, -0.25) is 4.79 Å². The fraction of sp³-hybridized carbons (Fsp3) is 0.312. The van der Waals surface area contributed by atoms with E-state index < -0.39 is 5.56 Å². The first-order valence-corrected chi connectivity index (χ1v) is 8.57. The molecule has 0 radical (unpaired) electrons. The number of benzene rings is 1. The second-order valence-corrected chi connectivity index (χ2v) is 6.49. The molecule has 0 aliphatic rings. The molecule has 0 saturated carbocycles. The molecule has 0 saturated heterocycles. The van der Waals surface area contributed by atoms with E-state index in [9.17, 15) is 10.1 Å². The maximum Gasteiger partial charge on any atom is 0.270 e. The fourth-order valence-electron chi connectivity index (χ4n) is 1.92. The molecule has 0 aliphatic heterocycles. The molecule has 0 bridgehead atoms. The smallest absolute Gasteiger partial charge is 0.270 e. The first kappa shape index (κ1) is 17.4. The third-order valence-electron chi connectivity index (χ3n) is 2.97. The highest BCUT2D eigenvalue weighted by Gasteiger charge is 2.18. The predicted molar refractivity (Wildman–Crippen MR) is 92.1 cm³/mol. The first-order valence-electron chi connectivity index (χ1n) is 6.97. The van der Waals surface area contributed by atoms with Crippen LogP contribution in [0.5, 0.6) is 5.75 Å². The lowest BCUT2D eigenvalue weighted by Gasteiger charge is -2.14. The molecule has 120 valence electrons. The third-order valence-corrected chi connectivity index (χ3v) is 3.79. The number of hydrogen-bond donors (Lipinski definition) is 1. The molecule has 5 nitrogen and oxygen atoms in total. The van der Waals surface area contributed by atoms with Crippen molar-refractivity contribution in [1.82, 2.24) is 9.97 Å². The summed E-state index contributed by atoms with van der Waals surface area (Å²) in [4.78, 5) is 19.0. The van der Waals surface area contributed by atoms with E-state index in [1.54, 1.807) is 24.5 Å². The van der Waals surface area contributed by atoms with Crippen LogP contribution in [-0.4, -0.2) is 22.8 Å². The summed E-state index contributed by atoms with van der Waals surface area (Å²) < 4.78 is 5.79. The highest BCUT2D eigenvalue weighted by molar-refractivity contribution is 7.98. The lowest BCUT2D eigenvalue weighted by atomic mass is 10.1. The van der Waals surface area contributed by atoms with Gasteiger partial charge in [0.1, 0.15) is 23.1 Å². The van der Waals surface area contributed by atoms with Crippen molar-refractivity contribution >= 4 is 23.4 Å². The molecule has 0 aliphatic carbocycles. The number of rotatable bonds is 5. The average molecular weight is 350 g/mol. The van der Waals surface area contributed by atoms with Crippen LogP contribution in [0.25, 0.3) is 11.3 Å². The van der Waals surface area contributed by atoms with E-state index in [1.165, 1.54) is 11.8 Å². The number of thioether (sulfide) groups is 1. The molecule has 1 N–H and O–H groups in total. The van der Waals surface area contributed by atoms with Crippen LogP contribution in [-0.2, 0) is 0 Å². The number of nitriles is 1. The second-order valence-electron chi connectivity index (χ2n) is 5.26. The molecular formula is C16H16ClN3O2S. The second kappa shape index (κ2) is 7.53. The first-order chi connectivity index (χ1) is 11.0. The Hall–Kier alpha value is -1.97. The van der Waals surface area contributed by atoms with E-state index in [0.29, 0.717) is 34.0 Å². The summed E-state index contributed by atoms with van der Waals surface area (Å²) in [6.45, 7) is 4.58. The lowest BCUT2D eigenvalue weighted by Crippen LogP contribution is -2.15. The van der Waals surface area contributed by atoms with Gasteiger partial charge in [-0.05, 0) is 30.4 Å². The minimum Gasteiger partial charge on any atom is -0.493 e. The Morgan fingerprint density at radius 2 is 2.22 bits per heavy atom. The maximum absolute atomic E-state index is 12.1. The van der Waals surface area contributed by atoms with Crippen molar-refractivity contribution in [1.29, 1.82) is 5.26 Å². The normalized spacial score (nSPS) is 10.6. The molecule has 0 spiro atoms. The predicted octanol–water partition coefficient (Wildman–Crippen LogP) is 3.72. The number of hydrogen-bond acceptors (Lipinski definition) is 5. The van der Waals surface area contributed by atoms with Gasteiger partial charge in [0.15, 0.2) is 5.16 Å². The number of ether oxygens (including phenoxy) is 1. The maximum atomic E-state index is 12.1. The zero-order valence-electron chi connectivity index (χ0n) is 13.0. The fourth-order valence-corrected chi connectivity index (χ4v) is 2.47. The van der Waals surface area contributed by atoms with Crippen LogP contribution in [0.3, 0.4) is 0 Å². The van der Waals surface area contributed by atoms with Crippen molar-refractivity contribution in [2.45, 2.75) is 19.0 Å². The van der Waals surface area contributed by atoms with E-state index in [2.05, 4.69) is 9.97 Å². The van der Waals surface area contributed by atoms with Gasteiger partial charge in [-0.2, -0.15) is 5.26 Å². The molecular weight excluding hydrogens is 334 g/mol. The SMILES string of the molecule is CSc1nc(-c2cc(Cl)ccc2OCC(C)C)c(C#N)c(=O)[nH]1. The van der Waals surface area contributed by atoms with Crippen LogP contribution in [0.15, 0.2) is 28.2 Å². The topological polar surface area (TPSA) is 78.8 Å². The molecule has 2 rings (SSSR count). The van der Waals surface area contributed by atoms with Gasteiger partial charge in [-0.15, -0.1) is 0 Å². The van der Waals surface area contributed by atoms with Crippen molar-refractivity contribution < 1.29 is 4.74 Å². The molecule has 0 amide bonds. The minimum absolute atomic E-state index is 0.0561. The zero-order valence-corrected chi connectivity index (χ0v) is 14.6.